The van der Waals surface area contributed by atoms with Crippen molar-refractivity contribution in [2.75, 3.05) is 20.3 Å². The summed E-state index contributed by atoms with van der Waals surface area (Å²) in [4.78, 5) is 12.9. The molecule has 1 heterocycles. The van der Waals surface area contributed by atoms with E-state index in [9.17, 15) is 9.18 Å². The van der Waals surface area contributed by atoms with Crippen molar-refractivity contribution in [3.05, 3.63) is 0 Å². The van der Waals surface area contributed by atoms with Crippen LogP contribution < -0.4 is 0 Å². The van der Waals surface area contributed by atoms with Gasteiger partial charge in [-0.3, -0.25) is 4.79 Å². The second-order valence-electron chi connectivity index (χ2n) is 3.91. The molecule has 1 aliphatic rings. The summed E-state index contributed by atoms with van der Waals surface area (Å²) in [5.74, 6) is -0.469. The molecule has 0 spiro atoms. The van der Waals surface area contributed by atoms with E-state index in [-0.39, 0.29) is 6.04 Å². The van der Waals surface area contributed by atoms with Gasteiger partial charge in [0.15, 0.2) is 5.67 Å². The summed E-state index contributed by atoms with van der Waals surface area (Å²) in [6, 6.07) is 0.0440. The Hall–Kier alpha value is -0.640. The molecule has 0 aromatic heterocycles. The number of nitrogens with zero attached hydrogens (tertiary/aromatic N) is 1. The first-order valence-electron chi connectivity index (χ1n) is 4.47. The highest BCUT2D eigenvalue weighted by molar-refractivity contribution is 5.84. The van der Waals surface area contributed by atoms with Gasteiger partial charge in [0.1, 0.15) is 0 Å². The van der Waals surface area contributed by atoms with Crippen LogP contribution in [0.25, 0.3) is 0 Å². The highest BCUT2D eigenvalue weighted by Gasteiger charge is 2.34. The number of ether oxygens (including phenoxy) is 1. The molecule has 13 heavy (non-hydrogen) atoms. The van der Waals surface area contributed by atoms with Gasteiger partial charge in [-0.05, 0) is 20.3 Å². The van der Waals surface area contributed by atoms with Crippen molar-refractivity contribution >= 4 is 5.91 Å². The first-order valence-corrected chi connectivity index (χ1v) is 4.47. The number of likely N-dealkylation sites (N-methyl/N-ethyl adjacent to an activating group) is 1. The summed E-state index contributed by atoms with van der Waals surface area (Å²) >= 11 is 0. The van der Waals surface area contributed by atoms with Gasteiger partial charge in [-0.2, -0.15) is 0 Å². The SMILES string of the molecule is CN(C(=O)C(C)(C)F)C1CCOC1. The summed E-state index contributed by atoms with van der Waals surface area (Å²) in [7, 11) is 1.63. The lowest BCUT2D eigenvalue weighted by Gasteiger charge is -2.27. The van der Waals surface area contributed by atoms with Gasteiger partial charge in [0.25, 0.3) is 5.91 Å². The van der Waals surface area contributed by atoms with E-state index < -0.39 is 11.6 Å². The summed E-state index contributed by atoms with van der Waals surface area (Å²) in [5, 5.41) is 0. The average molecular weight is 189 g/mol. The molecule has 1 amide bonds. The monoisotopic (exact) mass is 189 g/mol. The summed E-state index contributed by atoms with van der Waals surface area (Å²) in [6.45, 7) is 3.75. The predicted octanol–water partition coefficient (Wildman–Crippen LogP) is 0.982. The van der Waals surface area contributed by atoms with Gasteiger partial charge in [0, 0.05) is 13.7 Å². The molecule has 1 fully saturated rings. The second kappa shape index (κ2) is 3.62. The average Bonchev–Trinajstić information content (AvgIpc) is 2.51. The van der Waals surface area contributed by atoms with Crippen molar-refractivity contribution in [3.63, 3.8) is 0 Å². The number of hydrogen-bond acceptors (Lipinski definition) is 2. The Morgan fingerprint density at radius 1 is 1.62 bits per heavy atom. The Labute approximate surface area is 77.9 Å². The molecule has 1 atom stereocenters. The number of halogens is 1. The Kier molecular flexibility index (Phi) is 2.91. The van der Waals surface area contributed by atoms with Gasteiger partial charge in [0.2, 0.25) is 0 Å². The Morgan fingerprint density at radius 3 is 2.62 bits per heavy atom. The third kappa shape index (κ3) is 2.40. The lowest BCUT2D eigenvalue weighted by molar-refractivity contribution is -0.142. The fourth-order valence-corrected chi connectivity index (χ4v) is 1.41. The van der Waals surface area contributed by atoms with Crippen LogP contribution in [0.5, 0.6) is 0 Å². The maximum absolute atomic E-state index is 13.3. The normalized spacial score (nSPS) is 23.2. The number of hydrogen-bond donors (Lipinski definition) is 0. The molecule has 0 aromatic carbocycles. The minimum absolute atomic E-state index is 0.0440. The molecule has 0 saturated carbocycles. The highest BCUT2D eigenvalue weighted by atomic mass is 19.1. The number of rotatable bonds is 2. The summed E-state index contributed by atoms with van der Waals surface area (Å²) in [6.07, 6.45) is 0.804. The maximum Gasteiger partial charge on any atom is 0.259 e. The molecule has 1 unspecified atom stereocenters. The maximum atomic E-state index is 13.3. The molecule has 0 aromatic rings. The smallest absolute Gasteiger partial charge is 0.259 e. The van der Waals surface area contributed by atoms with Crippen LogP contribution in [0, 0.1) is 0 Å². The standard InChI is InChI=1S/C9H16FNO2/c1-9(2,10)8(12)11(3)7-4-5-13-6-7/h7H,4-6H2,1-3H3. The molecule has 0 aliphatic carbocycles. The zero-order chi connectivity index (χ0) is 10.1. The van der Waals surface area contributed by atoms with Crippen LogP contribution in [0.15, 0.2) is 0 Å². The molecule has 1 rings (SSSR count). The molecular formula is C9H16FNO2. The van der Waals surface area contributed by atoms with Gasteiger partial charge in [-0.15, -0.1) is 0 Å². The minimum Gasteiger partial charge on any atom is -0.379 e. The largest absolute Gasteiger partial charge is 0.379 e. The van der Waals surface area contributed by atoms with E-state index in [4.69, 9.17) is 4.74 Å². The summed E-state index contributed by atoms with van der Waals surface area (Å²) < 4.78 is 18.4. The quantitative estimate of drug-likeness (QED) is 0.648. The summed E-state index contributed by atoms with van der Waals surface area (Å²) in [5.41, 5.74) is -1.78. The highest BCUT2D eigenvalue weighted by Crippen LogP contribution is 2.17. The van der Waals surface area contributed by atoms with Gasteiger partial charge >= 0.3 is 0 Å². The van der Waals surface area contributed by atoms with Crippen molar-refractivity contribution in [1.29, 1.82) is 0 Å². The van der Waals surface area contributed by atoms with E-state index in [2.05, 4.69) is 0 Å². The molecule has 0 N–H and O–H groups in total. The van der Waals surface area contributed by atoms with Crippen LogP contribution in [-0.2, 0) is 9.53 Å². The number of carbonyl (C=O) groups is 1. The van der Waals surface area contributed by atoms with Crippen molar-refractivity contribution < 1.29 is 13.9 Å². The zero-order valence-corrected chi connectivity index (χ0v) is 8.34. The van der Waals surface area contributed by atoms with E-state index >= 15 is 0 Å². The molecule has 3 nitrogen and oxygen atoms in total. The molecule has 76 valence electrons. The first-order chi connectivity index (χ1) is 5.93. The topological polar surface area (TPSA) is 29.5 Å². The van der Waals surface area contributed by atoms with Crippen molar-refractivity contribution in [2.45, 2.75) is 32.0 Å². The molecule has 0 bridgehead atoms. The number of amides is 1. The second-order valence-corrected chi connectivity index (χ2v) is 3.91. The lowest BCUT2D eigenvalue weighted by Crippen LogP contribution is -2.45. The number of carbonyl (C=O) groups excluding carboxylic acids is 1. The predicted molar refractivity (Wildman–Crippen MR) is 47.2 cm³/mol. The van der Waals surface area contributed by atoms with Gasteiger partial charge in [-0.25, -0.2) is 4.39 Å². The fraction of sp³-hybridized carbons (Fsp3) is 0.889. The van der Waals surface area contributed by atoms with E-state index in [1.54, 1.807) is 7.05 Å². The zero-order valence-electron chi connectivity index (χ0n) is 8.34. The van der Waals surface area contributed by atoms with Gasteiger partial charge in [0.05, 0.1) is 12.6 Å². The Bertz CT molecular complexity index is 194. The van der Waals surface area contributed by atoms with Crippen LogP contribution in [0.4, 0.5) is 4.39 Å². The van der Waals surface area contributed by atoms with Crippen LogP contribution in [-0.4, -0.2) is 42.8 Å². The molecule has 1 saturated heterocycles. The Balaban J connectivity index is 2.56. The van der Waals surface area contributed by atoms with Crippen molar-refractivity contribution in [1.82, 2.24) is 4.90 Å². The lowest BCUT2D eigenvalue weighted by atomic mass is 10.1. The Morgan fingerprint density at radius 2 is 2.23 bits per heavy atom. The minimum atomic E-state index is -1.78. The van der Waals surface area contributed by atoms with Crippen molar-refractivity contribution in [3.8, 4) is 0 Å². The van der Waals surface area contributed by atoms with E-state index in [0.29, 0.717) is 13.2 Å². The first kappa shape index (κ1) is 10.4. The van der Waals surface area contributed by atoms with Crippen LogP contribution in [0.3, 0.4) is 0 Å². The van der Waals surface area contributed by atoms with E-state index in [0.717, 1.165) is 6.42 Å². The third-order valence-electron chi connectivity index (χ3n) is 2.28. The van der Waals surface area contributed by atoms with E-state index in [1.807, 2.05) is 0 Å². The van der Waals surface area contributed by atoms with Crippen LogP contribution in [0.1, 0.15) is 20.3 Å². The van der Waals surface area contributed by atoms with E-state index in [1.165, 1.54) is 18.7 Å². The van der Waals surface area contributed by atoms with Crippen molar-refractivity contribution in [2.24, 2.45) is 0 Å². The number of alkyl halides is 1. The third-order valence-corrected chi connectivity index (χ3v) is 2.28. The molecule has 0 radical (unpaired) electrons. The molecule has 1 aliphatic heterocycles. The molecular weight excluding hydrogens is 173 g/mol. The van der Waals surface area contributed by atoms with Gasteiger partial charge in [-0.1, -0.05) is 0 Å². The fourth-order valence-electron chi connectivity index (χ4n) is 1.41. The van der Waals surface area contributed by atoms with Crippen LogP contribution in [0.2, 0.25) is 0 Å². The van der Waals surface area contributed by atoms with Crippen LogP contribution >= 0.6 is 0 Å². The van der Waals surface area contributed by atoms with Gasteiger partial charge < -0.3 is 9.64 Å². The molecule has 4 heteroatoms.